The highest BCUT2D eigenvalue weighted by Gasteiger charge is 2.21. The third-order valence-corrected chi connectivity index (χ3v) is 4.38. The minimum atomic E-state index is -3.11. The second-order valence-electron chi connectivity index (χ2n) is 3.57. The number of aryl methyl sites for hydroxylation is 1. The van der Waals surface area contributed by atoms with Gasteiger partial charge in [-0.15, -0.1) is 0 Å². The van der Waals surface area contributed by atoms with E-state index in [1.54, 1.807) is 6.07 Å². The molecule has 0 spiro atoms. The lowest BCUT2D eigenvalue weighted by Gasteiger charge is -2.05. The van der Waals surface area contributed by atoms with Crippen molar-refractivity contribution in [1.82, 2.24) is 0 Å². The lowest BCUT2D eigenvalue weighted by atomic mass is 10.1. The number of aromatic hydroxyl groups is 1. The van der Waals surface area contributed by atoms with Gasteiger partial charge in [-0.2, -0.15) is 0 Å². The molecule has 1 aliphatic rings. The zero-order valence-corrected chi connectivity index (χ0v) is 8.55. The Labute approximate surface area is 83.3 Å². The molecule has 0 saturated heterocycles. The molecule has 0 amide bonds. The predicted octanol–water partition coefficient (Wildman–Crippen LogP) is 1.50. The summed E-state index contributed by atoms with van der Waals surface area (Å²) in [5, 5.41) is 9.26. The van der Waals surface area contributed by atoms with Crippen molar-refractivity contribution in [3.63, 3.8) is 0 Å². The minimum absolute atomic E-state index is 0.140. The van der Waals surface area contributed by atoms with Crippen molar-refractivity contribution in [3.8, 4) is 5.75 Å². The molecule has 14 heavy (non-hydrogen) atoms. The molecule has 0 bridgehead atoms. The standard InChI is InChI=1S/C10H12O3S/c11-9-4-5-10-8(7-9)3-1-2-6-14(10,12)13/h4-5,7,11H,1-3,6H2. The first-order chi connectivity index (χ1) is 6.59. The Morgan fingerprint density at radius 1 is 1.21 bits per heavy atom. The lowest BCUT2D eigenvalue weighted by Crippen LogP contribution is -2.05. The minimum Gasteiger partial charge on any atom is -0.508 e. The van der Waals surface area contributed by atoms with Crippen LogP contribution in [0.25, 0.3) is 0 Å². The molecular formula is C10H12O3S. The maximum Gasteiger partial charge on any atom is 0.178 e. The Morgan fingerprint density at radius 2 is 2.00 bits per heavy atom. The second kappa shape index (κ2) is 3.28. The molecule has 1 N–H and O–H groups in total. The van der Waals surface area contributed by atoms with E-state index in [4.69, 9.17) is 0 Å². The average molecular weight is 212 g/mol. The predicted molar refractivity (Wildman–Crippen MR) is 53.1 cm³/mol. The summed E-state index contributed by atoms with van der Waals surface area (Å²) in [4.78, 5) is 0.396. The van der Waals surface area contributed by atoms with Gasteiger partial charge in [-0.1, -0.05) is 0 Å². The molecule has 1 aliphatic heterocycles. The Bertz CT molecular complexity index is 448. The number of sulfone groups is 1. The highest BCUT2D eigenvalue weighted by Crippen LogP contribution is 2.26. The topological polar surface area (TPSA) is 54.4 Å². The summed E-state index contributed by atoms with van der Waals surface area (Å²) < 4.78 is 23.4. The molecule has 0 aromatic heterocycles. The lowest BCUT2D eigenvalue weighted by molar-refractivity contribution is 0.473. The monoisotopic (exact) mass is 212 g/mol. The van der Waals surface area contributed by atoms with Crippen molar-refractivity contribution in [2.75, 3.05) is 5.75 Å². The molecule has 0 unspecified atom stereocenters. The molecule has 0 radical (unpaired) electrons. The van der Waals surface area contributed by atoms with E-state index in [-0.39, 0.29) is 11.5 Å². The molecule has 3 nitrogen and oxygen atoms in total. The fraction of sp³-hybridized carbons (Fsp3) is 0.400. The smallest absolute Gasteiger partial charge is 0.178 e. The van der Waals surface area contributed by atoms with E-state index in [1.165, 1.54) is 12.1 Å². The van der Waals surface area contributed by atoms with Crippen LogP contribution in [0.3, 0.4) is 0 Å². The molecule has 1 aromatic carbocycles. The highest BCUT2D eigenvalue weighted by atomic mass is 32.2. The molecule has 4 heteroatoms. The van der Waals surface area contributed by atoms with E-state index in [1.807, 2.05) is 0 Å². The zero-order chi connectivity index (χ0) is 10.2. The summed E-state index contributed by atoms with van der Waals surface area (Å²) in [6.45, 7) is 0. The summed E-state index contributed by atoms with van der Waals surface area (Å²) in [7, 11) is -3.11. The van der Waals surface area contributed by atoms with E-state index in [2.05, 4.69) is 0 Å². The molecule has 0 fully saturated rings. The van der Waals surface area contributed by atoms with Crippen molar-refractivity contribution < 1.29 is 13.5 Å². The summed E-state index contributed by atoms with van der Waals surface area (Å²) in [5.41, 5.74) is 0.752. The van der Waals surface area contributed by atoms with E-state index in [0.29, 0.717) is 11.3 Å². The molecular weight excluding hydrogens is 200 g/mol. The molecule has 2 rings (SSSR count). The number of benzene rings is 1. The summed E-state index contributed by atoms with van der Waals surface area (Å²) >= 11 is 0. The molecule has 76 valence electrons. The van der Waals surface area contributed by atoms with Crippen LogP contribution in [-0.2, 0) is 16.3 Å². The van der Waals surface area contributed by atoms with Crippen LogP contribution < -0.4 is 0 Å². The van der Waals surface area contributed by atoms with Crippen LogP contribution in [0.4, 0.5) is 0 Å². The van der Waals surface area contributed by atoms with Crippen molar-refractivity contribution in [3.05, 3.63) is 23.8 Å². The van der Waals surface area contributed by atoms with Crippen LogP contribution in [0.5, 0.6) is 5.75 Å². The summed E-state index contributed by atoms with van der Waals surface area (Å²) in [6, 6.07) is 4.49. The first-order valence-electron chi connectivity index (χ1n) is 4.64. The first-order valence-corrected chi connectivity index (χ1v) is 6.29. The third-order valence-electron chi connectivity index (χ3n) is 2.49. The number of phenolic OH excluding ortho intramolecular Hbond substituents is 1. The fourth-order valence-electron chi connectivity index (χ4n) is 1.78. The van der Waals surface area contributed by atoms with Gasteiger partial charge in [0, 0.05) is 0 Å². The zero-order valence-electron chi connectivity index (χ0n) is 7.73. The van der Waals surface area contributed by atoms with Crippen LogP contribution in [0, 0.1) is 0 Å². The van der Waals surface area contributed by atoms with Crippen molar-refractivity contribution in [2.45, 2.75) is 24.2 Å². The summed E-state index contributed by atoms with van der Waals surface area (Å²) in [5.74, 6) is 0.367. The van der Waals surface area contributed by atoms with Gasteiger partial charge in [-0.3, -0.25) is 0 Å². The Kier molecular flexibility index (Phi) is 2.23. The van der Waals surface area contributed by atoms with Gasteiger partial charge in [-0.05, 0) is 43.0 Å². The van der Waals surface area contributed by atoms with Gasteiger partial charge < -0.3 is 5.11 Å². The molecule has 0 atom stereocenters. The normalized spacial score (nSPS) is 19.7. The Morgan fingerprint density at radius 3 is 2.79 bits per heavy atom. The molecule has 1 aromatic rings. The van der Waals surface area contributed by atoms with E-state index in [0.717, 1.165) is 18.4 Å². The maximum absolute atomic E-state index is 11.7. The van der Waals surface area contributed by atoms with Crippen LogP contribution in [0.1, 0.15) is 18.4 Å². The quantitative estimate of drug-likeness (QED) is 0.709. The van der Waals surface area contributed by atoms with Gasteiger partial charge in [0.05, 0.1) is 10.6 Å². The van der Waals surface area contributed by atoms with Crippen LogP contribution in [-0.4, -0.2) is 19.3 Å². The number of hydrogen-bond acceptors (Lipinski definition) is 3. The molecule has 0 aliphatic carbocycles. The first kappa shape index (κ1) is 9.52. The van der Waals surface area contributed by atoms with Gasteiger partial charge in [0.1, 0.15) is 5.75 Å². The summed E-state index contributed by atoms with van der Waals surface area (Å²) in [6.07, 6.45) is 2.32. The number of fused-ring (bicyclic) bond motifs is 1. The Hall–Kier alpha value is -1.03. The number of hydrogen-bond donors (Lipinski definition) is 1. The number of rotatable bonds is 0. The highest BCUT2D eigenvalue weighted by molar-refractivity contribution is 7.91. The molecule has 1 heterocycles. The van der Waals surface area contributed by atoms with E-state index in [9.17, 15) is 13.5 Å². The van der Waals surface area contributed by atoms with Gasteiger partial charge in [-0.25, -0.2) is 8.42 Å². The second-order valence-corrected chi connectivity index (χ2v) is 5.65. The molecule has 0 saturated carbocycles. The van der Waals surface area contributed by atoms with Crippen LogP contribution in [0.15, 0.2) is 23.1 Å². The van der Waals surface area contributed by atoms with Crippen molar-refractivity contribution in [2.24, 2.45) is 0 Å². The van der Waals surface area contributed by atoms with Crippen LogP contribution >= 0.6 is 0 Å². The number of phenols is 1. The van der Waals surface area contributed by atoms with Gasteiger partial charge >= 0.3 is 0 Å². The third kappa shape index (κ3) is 1.62. The van der Waals surface area contributed by atoms with Crippen molar-refractivity contribution in [1.29, 1.82) is 0 Å². The van der Waals surface area contributed by atoms with Gasteiger partial charge in [0.2, 0.25) is 0 Å². The van der Waals surface area contributed by atoms with Gasteiger partial charge in [0.25, 0.3) is 0 Å². The Balaban J connectivity index is 2.62. The van der Waals surface area contributed by atoms with E-state index < -0.39 is 9.84 Å². The fourth-order valence-corrected chi connectivity index (χ4v) is 3.42. The van der Waals surface area contributed by atoms with Crippen LogP contribution in [0.2, 0.25) is 0 Å². The largest absolute Gasteiger partial charge is 0.508 e. The van der Waals surface area contributed by atoms with E-state index >= 15 is 0 Å². The van der Waals surface area contributed by atoms with Crippen molar-refractivity contribution >= 4 is 9.84 Å². The maximum atomic E-state index is 11.7. The average Bonchev–Trinajstić information content (AvgIpc) is 2.25. The SMILES string of the molecule is O=S1(=O)CCCCc2cc(O)ccc21. The van der Waals surface area contributed by atoms with Gasteiger partial charge in [0.15, 0.2) is 9.84 Å².